The van der Waals surface area contributed by atoms with Gasteiger partial charge in [0.25, 0.3) is 0 Å². The van der Waals surface area contributed by atoms with Gasteiger partial charge in [-0.05, 0) is 60.7 Å². The number of fused-ring (bicyclic) bond motifs is 1. The van der Waals surface area contributed by atoms with E-state index in [4.69, 9.17) is 10.5 Å². The lowest BCUT2D eigenvalue weighted by atomic mass is 9.83. The van der Waals surface area contributed by atoms with Crippen LogP contribution in [0.5, 0.6) is 5.75 Å². The Hall–Kier alpha value is -2.43. The number of hydrogen-bond donors (Lipinski definition) is 1. The summed E-state index contributed by atoms with van der Waals surface area (Å²) >= 11 is 0. The minimum atomic E-state index is -0.684. The minimum absolute atomic E-state index is 0. The third kappa shape index (κ3) is 3.82. The molecule has 4 rings (SSSR count). The largest absolute Gasteiger partial charge is 0.488 e. The summed E-state index contributed by atoms with van der Waals surface area (Å²) in [5.41, 5.74) is 9.98. The quantitative estimate of drug-likeness (QED) is 0.700. The van der Waals surface area contributed by atoms with Crippen LogP contribution in [0.2, 0.25) is 0 Å². The van der Waals surface area contributed by atoms with Crippen LogP contribution in [0.1, 0.15) is 24.5 Å². The summed E-state index contributed by atoms with van der Waals surface area (Å²) < 4.78 is 19.4. The normalized spacial score (nSPS) is 17.8. The molecule has 0 amide bonds. The molecule has 1 aliphatic heterocycles. The second-order valence-corrected chi connectivity index (χ2v) is 7.00. The third-order valence-corrected chi connectivity index (χ3v) is 5.12. The molecule has 0 spiro atoms. The first-order valence-electron chi connectivity index (χ1n) is 8.79. The standard InChI is InChI=1S/C22H21FN2O.ClH/c1-22(24,21-11-8-16-4-2-3-5-20(16)26-21)18-12-17(13-25-14-18)15-6-9-19(23)10-7-15;/h2-7,9-10,12-14,21H,8,11,24H2,1H3;1H/t21-,22?;/m1./s1. The summed E-state index contributed by atoms with van der Waals surface area (Å²) in [6, 6.07) is 16.5. The molecule has 0 bridgehead atoms. The van der Waals surface area contributed by atoms with Crippen LogP contribution in [-0.2, 0) is 12.0 Å². The zero-order valence-corrected chi connectivity index (χ0v) is 15.9. The van der Waals surface area contributed by atoms with Gasteiger partial charge in [-0.2, -0.15) is 0 Å². The van der Waals surface area contributed by atoms with Crippen molar-refractivity contribution in [1.29, 1.82) is 0 Å². The molecule has 2 heterocycles. The number of halogens is 2. The van der Waals surface area contributed by atoms with Crippen molar-refractivity contribution in [1.82, 2.24) is 4.98 Å². The van der Waals surface area contributed by atoms with E-state index in [0.29, 0.717) is 0 Å². The van der Waals surface area contributed by atoms with E-state index in [-0.39, 0.29) is 24.3 Å². The highest BCUT2D eigenvalue weighted by Gasteiger charge is 2.36. The smallest absolute Gasteiger partial charge is 0.123 e. The van der Waals surface area contributed by atoms with Gasteiger partial charge in [-0.15, -0.1) is 12.4 Å². The molecular formula is C22H22ClFN2O. The van der Waals surface area contributed by atoms with Crippen LogP contribution < -0.4 is 10.5 Å². The van der Waals surface area contributed by atoms with Crippen molar-refractivity contribution < 1.29 is 9.13 Å². The molecule has 0 radical (unpaired) electrons. The summed E-state index contributed by atoms with van der Waals surface area (Å²) in [6.45, 7) is 1.98. The van der Waals surface area contributed by atoms with Crippen LogP contribution >= 0.6 is 12.4 Å². The number of ether oxygens (including phenoxy) is 1. The number of nitrogens with zero attached hydrogens (tertiary/aromatic N) is 1. The highest BCUT2D eigenvalue weighted by Crippen LogP contribution is 2.35. The average Bonchev–Trinajstić information content (AvgIpc) is 2.68. The number of aromatic nitrogens is 1. The lowest BCUT2D eigenvalue weighted by Crippen LogP contribution is -2.49. The van der Waals surface area contributed by atoms with Gasteiger partial charge in [0.1, 0.15) is 17.7 Å². The number of aryl methyl sites for hydroxylation is 1. The fourth-order valence-electron chi connectivity index (χ4n) is 3.47. The first kappa shape index (κ1) is 19.3. The maximum Gasteiger partial charge on any atom is 0.123 e. The zero-order valence-electron chi connectivity index (χ0n) is 15.1. The second-order valence-electron chi connectivity index (χ2n) is 7.00. The summed E-state index contributed by atoms with van der Waals surface area (Å²) in [6.07, 6.45) is 5.22. The predicted molar refractivity (Wildman–Crippen MR) is 108 cm³/mol. The summed E-state index contributed by atoms with van der Waals surface area (Å²) in [5.74, 6) is 0.652. The number of para-hydroxylation sites is 1. The van der Waals surface area contributed by atoms with Gasteiger partial charge >= 0.3 is 0 Å². The Morgan fingerprint density at radius 2 is 1.81 bits per heavy atom. The Morgan fingerprint density at radius 1 is 1.07 bits per heavy atom. The van der Waals surface area contributed by atoms with E-state index >= 15 is 0 Å². The Morgan fingerprint density at radius 3 is 2.59 bits per heavy atom. The molecule has 0 saturated heterocycles. The van der Waals surface area contributed by atoms with E-state index in [9.17, 15) is 4.39 Å². The van der Waals surface area contributed by atoms with Crippen molar-refractivity contribution in [2.24, 2.45) is 5.73 Å². The van der Waals surface area contributed by atoms with Crippen LogP contribution in [0.3, 0.4) is 0 Å². The number of benzene rings is 2. The van der Waals surface area contributed by atoms with E-state index in [1.54, 1.807) is 24.5 Å². The van der Waals surface area contributed by atoms with Gasteiger partial charge in [0, 0.05) is 18.0 Å². The number of nitrogens with two attached hydrogens (primary N) is 1. The fraction of sp³-hybridized carbons (Fsp3) is 0.227. The minimum Gasteiger partial charge on any atom is -0.488 e. The van der Waals surface area contributed by atoms with Crippen LogP contribution in [-0.4, -0.2) is 11.1 Å². The number of hydrogen-bond acceptors (Lipinski definition) is 3. The highest BCUT2D eigenvalue weighted by atomic mass is 35.5. The summed E-state index contributed by atoms with van der Waals surface area (Å²) in [7, 11) is 0. The Kier molecular flexibility index (Phi) is 5.49. The second kappa shape index (κ2) is 7.67. The molecule has 3 nitrogen and oxygen atoms in total. The van der Waals surface area contributed by atoms with Crippen molar-refractivity contribution in [2.75, 3.05) is 0 Å². The molecule has 1 unspecified atom stereocenters. The molecule has 1 aromatic heterocycles. The van der Waals surface area contributed by atoms with E-state index < -0.39 is 5.54 Å². The lowest BCUT2D eigenvalue weighted by molar-refractivity contribution is 0.0958. The van der Waals surface area contributed by atoms with E-state index in [1.165, 1.54) is 17.7 Å². The highest BCUT2D eigenvalue weighted by molar-refractivity contribution is 5.85. The molecule has 1 aliphatic rings. The molecule has 2 atom stereocenters. The Balaban J connectivity index is 0.00000210. The van der Waals surface area contributed by atoms with Crippen molar-refractivity contribution in [3.63, 3.8) is 0 Å². The summed E-state index contributed by atoms with van der Waals surface area (Å²) in [5, 5.41) is 0. The monoisotopic (exact) mass is 384 g/mol. The van der Waals surface area contributed by atoms with E-state index in [1.807, 2.05) is 31.2 Å². The molecule has 0 fully saturated rings. The third-order valence-electron chi connectivity index (χ3n) is 5.12. The van der Waals surface area contributed by atoms with Crippen LogP contribution in [0.25, 0.3) is 11.1 Å². The van der Waals surface area contributed by atoms with Gasteiger partial charge in [-0.1, -0.05) is 30.3 Å². The average molecular weight is 385 g/mol. The summed E-state index contributed by atoms with van der Waals surface area (Å²) in [4.78, 5) is 4.36. The SMILES string of the molecule is CC(N)(c1cncc(-c2ccc(F)cc2)c1)[C@H]1CCc2ccccc2O1.Cl. The van der Waals surface area contributed by atoms with Crippen molar-refractivity contribution >= 4 is 12.4 Å². The topological polar surface area (TPSA) is 48.1 Å². The van der Waals surface area contributed by atoms with Crippen LogP contribution in [0.15, 0.2) is 67.0 Å². The number of rotatable bonds is 3. The molecule has 27 heavy (non-hydrogen) atoms. The van der Waals surface area contributed by atoms with E-state index in [2.05, 4.69) is 11.1 Å². The van der Waals surface area contributed by atoms with E-state index in [0.717, 1.165) is 35.3 Å². The molecule has 0 saturated carbocycles. The predicted octanol–water partition coefficient (Wildman–Crippen LogP) is 4.88. The maximum absolute atomic E-state index is 13.2. The van der Waals surface area contributed by atoms with Gasteiger partial charge in [0.05, 0.1) is 5.54 Å². The van der Waals surface area contributed by atoms with Gasteiger partial charge in [0.15, 0.2) is 0 Å². The fourth-order valence-corrected chi connectivity index (χ4v) is 3.47. The first-order valence-corrected chi connectivity index (χ1v) is 8.79. The lowest BCUT2D eigenvalue weighted by Gasteiger charge is -2.38. The first-order chi connectivity index (χ1) is 12.5. The van der Waals surface area contributed by atoms with Crippen molar-refractivity contribution in [3.8, 4) is 16.9 Å². The van der Waals surface area contributed by atoms with Crippen LogP contribution in [0.4, 0.5) is 4.39 Å². The molecule has 2 N–H and O–H groups in total. The molecule has 2 aromatic carbocycles. The van der Waals surface area contributed by atoms with Gasteiger partial charge < -0.3 is 10.5 Å². The maximum atomic E-state index is 13.2. The molecule has 0 aliphatic carbocycles. The molecule has 5 heteroatoms. The molecular weight excluding hydrogens is 363 g/mol. The van der Waals surface area contributed by atoms with Gasteiger partial charge in [-0.3, -0.25) is 4.98 Å². The Labute approximate surface area is 164 Å². The molecule has 140 valence electrons. The Bertz CT molecular complexity index is 928. The van der Waals surface area contributed by atoms with Crippen molar-refractivity contribution in [2.45, 2.75) is 31.4 Å². The van der Waals surface area contributed by atoms with Crippen LogP contribution in [0, 0.1) is 5.82 Å². The van der Waals surface area contributed by atoms with Crippen molar-refractivity contribution in [3.05, 3.63) is 83.9 Å². The number of pyridine rings is 1. The van der Waals surface area contributed by atoms with Gasteiger partial charge in [-0.25, -0.2) is 4.39 Å². The molecule has 3 aromatic rings. The van der Waals surface area contributed by atoms with Gasteiger partial charge in [0.2, 0.25) is 0 Å². The zero-order chi connectivity index (χ0) is 18.1.